The van der Waals surface area contributed by atoms with E-state index in [2.05, 4.69) is 148 Å². The molecule has 0 aromatic carbocycles. The number of aliphatic hydroxyl groups excluding tert-OH is 1. The van der Waals surface area contributed by atoms with Crippen molar-refractivity contribution >= 4 is 191 Å². The Kier molecular flexibility index (Phi) is 45.6. The van der Waals surface area contributed by atoms with E-state index in [1.807, 2.05) is 36.5 Å². The van der Waals surface area contributed by atoms with Crippen LogP contribution in [0.1, 0.15) is 223 Å². The second kappa shape index (κ2) is 53.0. The normalized spacial score (nSPS) is 27.1. The number of rotatable bonds is 11. The number of H-pyrrole nitrogens is 1. The molecule has 4 aromatic rings. The number of amides is 9. The van der Waals surface area contributed by atoms with E-state index in [4.69, 9.17) is 33.7 Å². The third-order valence-corrected chi connectivity index (χ3v) is 30.0. The van der Waals surface area contributed by atoms with E-state index in [1.54, 1.807) is 93.0 Å². The Morgan fingerprint density at radius 3 is 1.18 bits per heavy atom. The number of halogens is 6. The fourth-order valence-corrected chi connectivity index (χ4v) is 18.8. The molecule has 15 atom stereocenters. The van der Waals surface area contributed by atoms with Crippen molar-refractivity contribution in [3.05, 3.63) is 130 Å². The maximum atomic E-state index is 14.1. The number of carbonyl (C=O) groups is 12. The molecule has 10 heterocycles. The van der Waals surface area contributed by atoms with Crippen LogP contribution in [0.25, 0.3) is 0 Å². The number of aliphatic carboxylic acids is 1. The topological polar surface area (TPSA) is 591 Å². The summed E-state index contributed by atoms with van der Waals surface area (Å²) in [5.41, 5.74) is -6.65. The summed E-state index contributed by atoms with van der Waals surface area (Å²) >= 11 is 20.7. The Labute approximate surface area is 871 Å². The number of carboxylic acids is 1. The van der Waals surface area contributed by atoms with Crippen LogP contribution in [0, 0.1) is 17.8 Å². The Bertz CT molecular complexity index is 5280. The smallest absolute Gasteiger partial charge is 0.870 e. The Morgan fingerprint density at radius 1 is 0.511 bits per heavy atom. The summed E-state index contributed by atoms with van der Waals surface area (Å²) in [6.07, 6.45) is 24.7. The summed E-state index contributed by atoms with van der Waals surface area (Å²) < 4.78 is 31.8. The number of nitrogens with one attached hydrogen (secondary N) is 7. The van der Waals surface area contributed by atoms with E-state index in [1.165, 1.54) is 54.0 Å². The molecule has 762 valence electrons. The zero-order valence-corrected chi connectivity index (χ0v) is 89.8. The SMILES string of the molecule is CC(C)(C)OC(=O)N[C@H]1CCCCC/C=C\[C@@H]2C[C@@]2(C(=O)O)NC(=O)[C@@H]2C[C@@H](n3ncc(Br)c(Br)c3=O)CN2C1=O.CCOC(=O)[C@@]12C[C@H]1/C=C\CCCCC[C@H](NC(=O)OC(C)(C)C)C(=O)N1C[C@H](O)C[C@H]1C(=O)N2.CCOC(=O)[C@@]12C[C@H]1/C=C\CCCCC[C@H](NC(=O)OC(C)(C)C)C(=O)N1C[C@H](n3ncc(Br)c(Br)c3=O)C[C@H]1C(=O)N2.O.O=c1[nH]ncc(Br)c1Br.OB(O)c1ccsc1.[Li+].[OH-]. The molecule has 9 aliphatic rings. The first-order valence-corrected chi connectivity index (χ1v) is 50.9. The van der Waals surface area contributed by atoms with Gasteiger partial charge in [0, 0.05) is 56.7 Å². The molecule has 0 bridgehead atoms. The average Bonchev–Trinajstić information content (AvgIpc) is 1.58. The molecule has 0 radical (unpaired) electrons. The second-order valence-corrected chi connectivity index (χ2v) is 43.2. The van der Waals surface area contributed by atoms with Gasteiger partial charge in [0.25, 0.3) is 16.7 Å². The number of alkyl carbamates (subject to hydrolysis) is 3. The van der Waals surface area contributed by atoms with Crippen LogP contribution >= 0.6 is 107 Å². The molecule has 41 nitrogen and oxygen atoms in total. The van der Waals surface area contributed by atoms with Crippen LogP contribution in [0.15, 0.2) is 113 Å². The van der Waals surface area contributed by atoms with Crippen LogP contribution in [-0.2, 0) is 66.8 Å². The number of allylic oxidation sites excluding steroid dienone is 3. The first-order valence-electron chi connectivity index (χ1n) is 45.2. The van der Waals surface area contributed by atoms with Gasteiger partial charge in [-0.1, -0.05) is 81.0 Å². The number of carbonyl (C=O) groups excluding carboxylic acids is 11. The zero-order chi connectivity index (χ0) is 100. The number of aromatic nitrogens is 6. The summed E-state index contributed by atoms with van der Waals surface area (Å²) in [5.74, 6) is -6.01. The maximum absolute atomic E-state index is 14.1. The fourth-order valence-electron chi connectivity index (χ4n) is 16.6. The van der Waals surface area contributed by atoms with Crippen LogP contribution in [-0.4, -0.2) is 263 Å². The molecule has 3 saturated heterocycles. The predicted molar refractivity (Wildman–Crippen MR) is 526 cm³/mol. The zero-order valence-electron chi connectivity index (χ0n) is 79.5. The van der Waals surface area contributed by atoms with E-state index in [0.29, 0.717) is 74.7 Å². The predicted octanol–water partition coefficient (Wildman–Crippen LogP) is 5.57. The number of esters is 2. The Balaban J connectivity index is 0.000000291. The van der Waals surface area contributed by atoms with Crippen molar-refractivity contribution in [2.45, 2.75) is 299 Å². The van der Waals surface area contributed by atoms with Crippen molar-refractivity contribution in [1.29, 1.82) is 0 Å². The van der Waals surface area contributed by atoms with Gasteiger partial charge >= 0.3 is 62.2 Å². The maximum Gasteiger partial charge on any atom is 1.00 e. The van der Waals surface area contributed by atoms with Crippen molar-refractivity contribution in [2.24, 2.45) is 17.8 Å². The van der Waals surface area contributed by atoms with Crippen LogP contribution in [0.4, 0.5) is 14.4 Å². The Morgan fingerprint density at radius 2 is 0.856 bits per heavy atom. The summed E-state index contributed by atoms with van der Waals surface area (Å²) in [6.45, 7) is 19.3. The number of aliphatic hydroxyl groups is 1. The standard InChI is InChI=1S/C29H39Br2N5O7.C27H35Br2N5O7.C25H39N3O7.C4H5BO2S.C4H2Br2N2O.Li.2H2O/c1-5-42-26(40)29-14-17(29)11-9-7-6-8-10-12-20(33-27(41)43-28(2,3)4)24(38)35-16-18(13-21(35)23(37)34-29)36-25(39)22(31)19(30)15-32-36;1-26(2,3)41-25(40)31-18-10-8-6-4-5-7-9-15-12-27(15,24(38)39)32-21(35)19-11-16(14-33(19)22(18)36)34-23(37)20(29)17(28)13-30-34;1-5-34-22(32)25-14-16(25)11-9-7-6-8-10-12-18(26-23(33)35-24(2,3)4)21(31)28-15-17(29)13-19(28)20(30)27-25;6-5(7)4-1-2-8-3-4;5-2-1-7-8-4(9)3(2)6;;;/h9,11,15,17-18,20-21H,5-8,10,12-14,16H2,1-4H3,(H,33,41)(H,34,37);7,9,13,15-16,18-19H,4-6,8,10-12,14H2,1-3H3,(H,31,40)(H,32,35)(H,38,39);9,11,16-19,29H,5-8,10,12-15H2,1-4H3,(H,26,33)(H,27,30);1-3,6-7H;1H,(H,8,9);;2*1H2/q;;;;;+1;;/p-1/b11-9-;9-7-;11-9-;;;;;/t17-,18-,20+,21+,29-;15-,16-,18+,19+,27-;16-,17-,18+,19+,25-;;;;;/m111...../s1. The van der Waals surface area contributed by atoms with Gasteiger partial charge in [0.15, 0.2) is 0 Å². The largest absolute Gasteiger partial charge is 1.00 e. The summed E-state index contributed by atoms with van der Waals surface area (Å²) in [7, 11) is -1.30. The quantitative estimate of drug-likeness (QED) is 0.0378. The van der Waals surface area contributed by atoms with Crippen molar-refractivity contribution < 1.29 is 131 Å². The van der Waals surface area contributed by atoms with E-state index in [0.717, 1.165) is 57.8 Å². The molecule has 14 N–H and O–H groups in total. The number of hydrogen-bond acceptors (Lipinski definition) is 28. The first kappa shape index (κ1) is 120. The monoisotopic (exact) mass is 2340 g/mol. The number of fused-ring (bicyclic) bond motifs is 6. The summed E-state index contributed by atoms with van der Waals surface area (Å²) in [6, 6.07) is -5.52. The van der Waals surface area contributed by atoms with Crippen molar-refractivity contribution in [3.63, 3.8) is 0 Å². The van der Waals surface area contributed by atoms with Crippen molar-refractivity contribution in [3.8, 4) is 0 Å². The molecule has 0 spiro atoms. The van der Waals surface area contributed by atoms with E-state index in [-0.39, 0.29) is 121 Å². The number of hydrogen-bond donors (Lipinski definition) is 11. The molecule has 9 amide bonds. The van der Waals surface area contributed by atoms with E-state index < -0.39 is 178 Å². The van der Waals surface area contributed by atoms with E-state index in [9.17, 15) is 82.1 Å². The van der Waals surface area contributed by atoms with Crippen LogP contribution in [0.5, 0.6) is 0 Å². The van der Waals surface area contributed by atoms with Crippen LogP contribution in [0.2, 0.25) is 0 Å². The van der Waals surface area contributed by atoms with Gasteiger partial charge in [-0.3, -0.25) is 43.2 Å². The molecule has 3 aliphatic carbocycles. The molecule has 139 heavy (non-hydrogen) atoms. The molecule has 50 heteroatoms. The minimum Gasteiger partial charge on any atom is -0.870 e. The van der Waals surface area contributed by atoms with Gasteiger partial charge in [-0.25, -0.2) is 43.2 Å². The minimum absolute atomic E-state index is 0. The number of carboxylic acid groups (broad SMARTS) is 1. The second-order valence-electron chi connectivity index (χ2n) is 37.4. The third kappa shape index (κ3) is 33.0. The molecule has 6 aliphatic heterocycles. The van der Waals surface area contributed by atoms with Gasteiger partial charge in [0.05, 0.1) is 67.9 Å². The van der Waals surface area contributed by atoms with Gasteiger partial charge in [-0.05, 0) is 265 Å². The molecular weight excluding hydrogens is 2220 g/mol. The van der Waals surface area contributed by atoms with Crippen molar-refractivity contribution in [1.82, 2.24) is 76.4 Å². The molecular formula is C89H123BBr6LiN15O26S. The first-order chi connectivity index (χ1) is 64.0. The molecule has 3 saturated carbocycles. The molecule has 4 aromatic heterocycles. The average molecular weight is 2350 g/mol. The molecule has 6 fully saturated rings. The number of aromatic amines is 1. The van der Waals surface area contributed by atoms with Gasteiger partial charge in [0.2, 0.25) is 35.4 Å². The van der Waals surface area contributed by atoms with Gasteiger partial charge in [-0.2, -0.15) is 26.6 Å². The van der Waals surface area contributed by atoms with Gasteiger partial charge in [0.1, 0.15) is 78.6 Å². The fraction of sp³-hybridized carbons (Fsp3) is 0.618. The molecule has 0 unspecified atom stereocenters. The number of ether oxygens (including phenoxy) is 5. The summed E-state index contributed by atoms with van der Waals surface area (Å²) in [4.78, 5) is 199. The summed E-state index contributed by atoms with van der Waals surface area (Å²) in [5, 5.41) is 71.6. The number of nitrogens with zero attached hydrogens (tertiary/aromatic N) is 8. The van der Waals surface area contributed by atoms with Crippen LogP contribution < -0.4 is 72.9 Å². The number of thiophene rings is 1. The van der Waals surface area contributed by atoms with E-state index >= 15 is 0 Å². The minimum atomic E-state index is -1.45. The molecule has 13 rings (SSSR count). The van der Waals surface area contributed by atoms with Gasteiger partial charge in [-0.15, -0.1) is 0 Å². The third-order valence-electron chi connectivity index (χ3n) is 23.6. The Hall–Kier alpha value is -8.06. The van der Waals surface area contributed by atoms with Gasteiger partial charge < -0.3 is 101 Å². The van der Waals surface area contributed by atoms with Crippen molar-refractivity contribution in [2.75, 3.05) is 32.8 Å². The van der Waals surface area contributed by atoms with Crippen LogP contribution in [0.3, 0.4) is 0 Å².